The van der Waals surface area contributed by atoms with Gasteiger partial charge in [-0.05, 0) is 37.6 Å². The molecule has 0 radical (unpaired) electrons. The molecule has 0 aromatic heterocycles. The Bertz CT molecular complexity index is 728. The number of Topliss-reactive ketones (excluding diaryl/α,β-unsaturated/α-hetero) is 1. The van der Waals surface area contributed by atoms with Crippen LogP contribution in [0.1, 0.15) is 42.6 Å². The third kappa shape index (κ3) is 4.95. The van der Waals surface area contributed by atoms with Crippen LogP contribution in [0.2, 0.25) is 0 Å². The quantitative estimate of drug-likeness (QED) is 0.535. The highest BCUT2D eigenvalue weighted by Crippen LogP contribution is 2.33. The molecule has 5 heteroatoms. The third-order valence-corrected chi connectivity index (χ3v) is 3.76. The number of ketones is 1. The van der Waals surface area contributed by atoms with Crippen molar-refractivity contribution in [3.05, 3.63) is 53.3 Å². The van der Waals surface area contributed by atoms with Crippen molar-refractivity contribution >= 4 is 5.78 Å². The second kappa shape index (κ2) is 9.06. The molecule has 25 heavy (non-hydrogen) atoms. The van der Waals surface area contributed by atoms with Gasteiger partial charge in [-0.15, -0.1) is 0 Å². The van der Waals surface area contributed by atoms with Crippen LogP contribution in [0.4, 0.5) is 4.39 Å². The highest BCUT2D eigenvalue weighted by atomic mass is 19.1. The van der Waals surface area contributed by atoms with Gasteiger partial charge in [0.2, 0.25) is 0 Å². The lowest BCUT2D eigenvalue weighted by molar-refractivity contribution is 0.101. The van der Waals surface area contributed by atoms with Gasteiger partial charge >= 0.3 is 0 Å². The second-order valence-corrected chi connectivity index (χ2v) is 5.73. The number of phenols is 1. The molecule has 0 aliphatic heterocycles. The van der Waals surface area contributed by atoms with E-state index in [9.17, 15) is 14.3 Å². The molecular formula is C20H23FO4. The first-order valence-corrected chi connectivity index (χ1v) is 8.40. The van der Waals surface area contributed by atoms with E-state index in [4.69, 9.17) is 9.47 Å². The lowest BCUT2D eigenvalue weighted by atomic mass is 10.0. The first-order valence-electron chi connectivity index (χ1n) is 8.40. The van der Waals surface area contributed by atoms with Crippen LogP contribution in [-0.4, -0.2) is 24.1 Å². The number of benzene rings is 2. The van der Waals surface area contributed by atoms with Crippen LogP contribution in [0.3, 0.4) is 0 Å². The van der Waals surface area contributed by atoms with E-state index in [1.54, 1.807) is 30.3 Å². The molecule has 2 rings (SSSR count). The Labute approximate surface area is 147 Å². The first kappa shape index (κ1) is 18.8. The normalized spacial score (nSPS) is 10.5. The predicted octanol–water partition coefficient (Wildman–Crippen LogP) is 4.53. The van der Waals surface area contributed by atoms with Crippen LogP contribution in [-0.2, 0) is 6.42 Å². The fourth-order valence-corrected chi connectivity index (χ4v) is 2.51. The van der Waals surface area contributed by atoms with Crippen LogP contribution in [0.5, 0.6) is 17.2 Å². The Morgan fingerprint density at radius 3 is 2.40 bits per heavy atom. The van der Waals surface area contributed by atoms with Gasteiger partial charge in [0.15, 0.2) is 17.3 Å². The van der Waals surface area contributed by atoms with Crippen LogP contribution in [0.15, 0.2) is 36.4 Å². The Morgan fingerprint density at radius 2 is 1.76 bits per heavy atom. The zero-order valence-corrected chi connectivity index (χ0v) is 14.5. The van der Waals surface area contributed by atoms with Crippen LogP contribution >= 0.6 is 0 Å². The van der Waals surface area contributed by atoms with Crippen molar-refractivity contribution in [1.29, 1.82) is 0 Å². The Hall–Kier alpha value is -2.56. The van der Waals surface area contributed by atoms with Crippen molar-refractivity contribution in [2.45, 2.75) is 33.1 Å². The van der Waals surface area contributed by atoms with E-state index in [2.05, 4.69) is 0 Å². The number of carbonyl (C=O) groups is 1. The van der Waals surface area contributed by atoms with Crippen LogP contribution in [0.25, 0.3) is 0 Å². The van der Waals surface area contributed by atoms with Gasteiger partial charge < -0.3 is 14.6 Å². The number of aromatic hydroxyl groups is 1. The van der Waals surface area contributed by atoms with Crippen molar-refractivity contribution in [3.8, 4) is 17.2 Å². The highest BCUT2D eigenvalue weighted by Gasteiger charge is 2.15. The molecule has 2 aromatic carbocycles. The maximum absolute atomic E-state index is 13.4. The van der Waals surface area contributed by atoms with Gasteiger partial charge in [0, 0.05) is 12.0 Å². The van der Waals surface area contributed by atoms with E-state index in [0.717, 1.165) is 6.42 Å². The fourth-order valence-electron chi connectivity index (χ4n) is 2.51. The molecule has 0 aliphatic carbocycles. The summed E-state index contributed by atoms with van der Waals surface area (Å²) >= 11 is 0. The molecule has 0 amide bonds. The Morgan fingerprint density at radius 1 is 1.08 bits per heavy atom. The van der Waals surface area contributed by atoms with Crippen molar-refractivity contribution in [3.63, 3.8) is 0 Å². The summed E-state index contributed by atoms with van der Waals surface area (Å²) in [5.74, 6) is 0.209. The first-order chi connectivity index (χ1) is 12.0. The average molecular weight is 346 g/mol. The lowest BCUT2D eigenvalue weighted by Gasteiger charge is -2.15. The average Bonchev–Trinajstić information content (AvgIpc) is 2.58. The zero-order chi connectivity index (χ0) is 18.2. The highest BCUT2D eigenvalue weighted by molar-refractivity contribution is 5.97. The molecule has 0 saturated carbocycles. The minimum absolute atomic E-state index is 0.00513. The zero-order valence-electron chi connectivity index (χ0n) is 14.5. The van der Waals surface area contributed by atoms with E-state index in [1.807, 2.05) is 6.92 Å². The maximum atomic E-state index is 13.4. The second-order valence-electron chi connectivity index (χ2n) is 5.73. The SMILES string of the molecule is CCCc1c(OCCCOc2ccccc2F)ccc(C(C)=O)c1O. The monoisotopic (exact) mass is 346 g/mol. The molecule has 0 fully saturated rings. The summed E-state index contributed by atoms with van der Waals surface area (Å²) in [6.45, 7) is 4.10. The van der Waals surface area contributed by atoms with Crippen molar-refractivity contribution < 1.29 is 23.8 Å². The number of phenolic OH excluding ortho intramolecular Hbond substituents is 1. The van der Waals surface area contributed by atoms with Gasteiger partial charge in [-0.1, -0.05) is 25.5 Å². The summed E-state index contributed by atoms with van der Waals surface area (Å²) in [5, 5.41) is 10.3. The molecule has 4 nitrogen and oxygen atoms in total. The maximum Gasteiger partial charge on any atom is 0.165 e. The van der Waals surface area contributed by atoms with Crippen LogP contribution < -0.4 is 9.47 Å². The van der Waals surface area contributed by atoms with Crippen molar-refractivity contribution in [1.82, 2.24) is 0 Å². The van der Waals surface area contributed by atoms with Gasteiger partial charge in [-0.3, -0.25) is 4.79 Å². The number of rotatable bonds is 9. The predicted molar refractivity (Wildman–Crippen MR) is 94.1 cm³/mol. The number of carbonyl (C=O) groups excluding carboxylic acids is 1. The van der Waals surface area contributed by atoms with E-state index in [1.165, 1.54) is 13.0 Å². The van der Waals surface area contributed by atoms with Gasteiger partial charge in [0.1, 0.15) is 11.5 Å². The van der Waals surface area contributed by atoms with E-state index in [-0.39, 0.29) is 17.3 Å². The number of ether oxygens (including phenoxy) is 2. The summed E-state index contributed by atoms with van der Waals surface area (Å²) in [5.41, 5.74) is 0.948. The summed E-state index contributed by atoms with van der Waals surface area (Å²) in [7, 11) is 0. The van der Waals surface area contributed by atoms with E-state index in [0.29, 0.717) is 42.9 Å². The van der Waals surface area contributed by atoms with Crippen LogP contribution in [0, 0.1) is 5.82 Å². The molecule has 0 spiro atoms. The number of hydrogen-bond donors (Lipinski definition) is 1. The molecule has 0 heterocycles. The summed E-state index contributed by atoms with van der Waals surface area (Å²) in [4.78, 5) is 11.5. The molecule has 0 saturated heterocycles. The number of hydrogen-bond acceptors (Lipinski definition) is 4. The van der Waals surface area contributed by atoms with E-state index >= 15 is 0 Å². The molecule has 1 N–H and O–H groups in total. The molecule has 134 valence electrons. The smallest absolute Gasteiger partial charge is 0.165 e. The van der Waals surface area contributed by atoms with E-state index < -0.39 is 5.82 Å². The summed E-state index contributed by atoms with van der Waals surface area (Å²) in [6, 6.07) is 9.53. The van der Waals surface area contributed by atoms with Crippen molar-refractivity contribution in [2.24, 2.45) is 0 Å². The molecule has 2 aromatic rings. The molecular weight excluding hydrogens is 323 g/mol. The minimum atomic E-state index is -0.390. The van der Waals surface area contributed by atoms with Gasteiger partial charge in [-0.25, -0.2) is 4.39 Å². The van der Waals surface area contributed by atoms with Gasteiger partial charge in [0.25, 0.3) is 0 Å². The molecule has 0 atom stereocenters. The standard InChI is InChI=1S/C20H23FO4/c1-3-7-16-18(11-10-15(14(2)22)20(16)23)24-12-6-13-25-19-9-5-4-8-17(19)21/h4-5,8-11,23H,3,6-7,12-13H2,1-2H3. The Kier molecular flexibility index (Phi) is 6.81. The fraction of sp³-hybridized carbons (Fsp3) is 0.350. The lowest BCUT2D eigenvalue weighted by Crippen LogP contribution is -2.07. The number of halogens is 1. The topological polar surface area (TPSA) is 55.8 Å². The number of para-hydroxylation sites is 1. The van der Waals surface area contributed by atoms with Gasteiger partial charge in [0.05, 0.1) is 18.8 Å². The largest absolute Gasteiger partial charge is 0.507 e. The third-order valence-electron chi connectivity index (χ3n) is 3.76. The van der Waals surface area contributed by atoms with Gasteiger partial charge in [-0.2, -0.15) is 0 Å². The molecule has 0 aliphatic rings. The molecule has 0 unspecified atom stereocenters. The minimum Gasteiger partial charge on any atom is -0.507 e. The summed E-state index contributed by atoms with van der Waals surface area (Å²) < 4.78 is 24.5. The van der Waals surface area contributed by atoms with Crippen molar-refractivity contribution in [2.75, 3.05) is 13.2 Å². The summed E-state index contributed by atoms with van der Waals surface area (Å²) in [6.07, 6.45) is 2.00. The Balaban J connectivity index is 1.93. The molecule has 0 bridgehead atoms.